The number of rotatable bonds is 2. The van der Waals surface area contributed by atoms with Crippen molar-refractivity contribution in [2.45, 2.75) is 38.3 Å². The Hall–Kier alpha value is -1.91. The van der Waals surface area contributed by atoms with Crippen molar-refractivity contribution in [2.24, 2.45) is 0 Å². The summed E-state index contributed by atoms with van der Waals surface area (Å²) < 4.78 is 0. The van der Waals surface area contributed by atoms with E-state index in [1.54, 1.807) is 17.3 Å². The number of carbonyl (C=O) groups excluding carboxylic acids is 2. The zero-order chi connectivity index (χ0) is 14.1. The lowest BCUT2D eigenvalue weighted by Crippen LogP contribution is -2.44. The minimum atomic E-state index is -0.241. The van der Waals surface area contributed by atoms with Crippen LogP contribution in [0, 0.1) is 0 Å². The molecule has 0 N–H and O–H groups in total. The molecule has 2 saturated heterocycles. The van der Waals surface area contributed by atoms with Crippen molar-refractivity contribution >= 4 is 11.8 Å². The van der Waals surface area contributed by atoms with Crippen LogP contribution in [-0.2, 0) is 9.59 Å². The van der Waals surface area contributed by atoms with E-state index in [2.05, 4.69) is 4.98 Å². The van der Waals surface area contributed by atoms with Gasteiger partial charge in [0, 0.05) is 31.9 Å². The lowest BCUT2D eigenvalue weighted by Gasteiger charge is -2.30. The number of fused-ring (bicyclic) bond motifs is 1. The molecule has 3 rings (SSSR count). The highest BCUT2D eigenvalue weighted by Crippen LogP contribution is 2.28. The first kappa shape index (κ1) is 13.1. The Labute approximate surface area is 118 Å². The molecule has 2 atom stereocenters. The predicted octanol–water partition coefficient (Wildman–Crippen LogP) is 1.37. The summed E-state index contributed by atoms with van der Waals surface area (Å²) in [6.45, 7) is 3.25. The van der Waals surface area contributed by atoms with E-state index in [0.717, 1.165) is 24.9 Å². The van der Waals surface area contributed by atoms with Crippen molar-refractivity contribution in [1.29, 1.82) is 0 Å². The van der Waals surface area contributed by atoms with E-state index in [1.165, 1.54) is 0 Å². The van der Waals surface area contributed by atoms with Crippen LogP contribution >= 0.6 is 0 Å². The summed E-state index contributed by atoms with van der Waals surface area (Å²) in [6.07, 6.45) is 5.63. The molecule has 1 aromatic rings. The number of pyridine rings is 1. The third-order valence-electron chi connectivity index (χ3n) is 4.36. The van der Waals surface area contributed by atoms with Crippen molar-refractivity contribution in [1.82, 2.24) is 14.8 Å². The van der Waals surface area contributed by atoms with Gasteiger partial charge in [-0.05, 0) is 37.5 Å². The maximum Gasteiger partial charge on any atom is 0.245 e. The van der Waals surface area contributed by atoms with Gasteiger partial charge in [0.25, 0.3) is 0 Å². The maximum absolute atomic E-state index is 12.7. The van der Waals surface area contributed by atoms with Crippen LogP contribution in [0.5, 0.6) is 0 Å². The zero-order valence-electron chi connectivity index (χ0n) is 11.7. The molecule has 5 heteroatoms. The van der Waals surface area contributed by atoms with Crippen LogP contribution in [0.2, 0.25) is 0 Å². The summed E-state index contributed by atoms with van der Waals surface area (Å²) in [5, 5.41) is 0. The fourth-order valence-electron chi connectivity index (χ4n) is 3.19. The summed E-state index contributed by atoms with van der Waals surface area (Å²) in [4.78, 5) is 32.4. The van der Waals surface area contributed by atoms with Crippen molar-refractivity contribution in [3.05, 3.63) is 30.1 Å². The Morgan fingerprint density at radius 3 is 2.75 bits per heavy atom. The summed E-state index contributed by atoms with van der Waals surface area (Å²) in [6, 6.07) is 3.60. The van der Waals surface area contributed by atoms with E-state index in [1.807, 2.05) is 24.0 Å². The second kappa shape index (κ2) is 5.23. The van der Waals surface area contributed by atoms with Gasteiger partial charge < -0.3 is 9.80 Å². The van der Waals surface area contributed by atoms with Gasteiger partial charge in [0.15, 0.2) is 0 Å². The van der Waals surface area contributed by atoms with Gasteiger partial charge >= 0.3 is 0 Å². The normalized spacial score (nSPS) is 24.6. The van der Waals surface area contributed by atoms with Gasteiger partial charge in [-0.1, -0.05) is 0 Å². The zero-order valence-corrected chi connectivity index (χ0v) is 11.7. The summed E-state index contributed by atoms with van der Waals surface area (Å²) in [5.74, 6) is 0.211. The summed E-state index contributed by atoms with van der Waals surface area (Å²) in [5.41, 5.74) is 1.06. The third-order valence-corrected chi connectivity index (χ3v) is 4.36. The molecule has 2 aliphatic heterocycles. The van der Waals surface area contributed by atoms with E-state index in [4.69, 9.17) is 0 Å². The van der Waals surface area contributed by atoms with Gasteiger partial charge in [0.05, 0.1) is 6.04 Å². The van der Waals surface area contributed by atoms with Crippen LogP contribution in [-0.4, -0.2) is 45.7 Å². The van der Waals surface area contributed by atoms with Gasteiger partial charge in [-0.2, -0.15) is 0 Å². The highest BCUT2D eigenvalue weighted by molar-refractivity contribution is 5.90. The van der Waals surface area contributed by atoms with Crippen LogP contribution < -0.4 is 0 Å². The van der Waals surface area contributed by atoms with Crippen molar-refractivity contribution in [3.63, 3.8) is 0 Å². The number of hydrogen-bond donors (Lipinski definition) is 0. The maximum atomic E-state index is 12.7. The molecular weight excluding hydrogens is 254 g/mol. The molecular formula is C15H19N3O2. The quantitative estimate of drug-likeness (QED) is 0.817. The van der Waals surface area contributed by atoms with Gasteiger partial charge in [0.2, 0.25) is 11.8 Å². The fourth-order valence-corrected chi connectivity index (χ4v) is 3.19. The molecule has 20 heavy (non-hydrogen) atoms. The molecule has 0 aromatic carbocycles. The Morgan fingerprint density at radius 1 is 1.25 bits per heavy atom. The second-order valence-corrected chi connectivity index (χ2v) is 5.48. The SMILES string of the molecule is CC(c1ccncc1)N1CCC(=O)N2CCCC2C1=O. The van der Waals surface area contributed by atoms with E-state index in [-0.39, 0.29) is 23.9 Å². The molecule has 2 unspecified atom stereocenters. The average Bonchev–Trinajstić information content (AvgIpc) is 2.93. The fraction of sp³-hybridized carbons (Fsp3) is 0.533. The van der Waals surface area contributed by atoms with Gasteiger partial charge in [-0.15, -0.1) is 0 Å². The first-order valence-electron chi connectivity index (χ1n) is 7.18. The topological polar surface area (TPSA) is 53.5 Å². The minimum absolute atomic E-state index is 0.0150. The van der Waals surface area contributed by atoms with Crippen LogP contribution in [0.1, 0.15) is 37.8 Å². The van der Waals surface area contributed by atoms with Crippen molar-refractivity contribution in [3.8, 4) is 0 Å². The van der Waals surface area contributed by atoms with E-state index in [0.29, 0.717) is 13.0 Å². The molecule has 0 bridgehead atoms. The van der Waals surface area contributed by atoms with Gasteiger partial charge in [-0.25, -0.2) is 0 Å². The van der Waals surface area contributed by atoms with Gasteiger partial charge in [-0.3, -0.25) is 14.6 Å². The van der Waals surface area contributed by atoms with Crippen molar-refractivity contribution in [2.75, 3.05) is 13.1 Å². The highest BCUT2D eigenvalue weighted by Gasteiger charge is 2.40. The van der Waals surface area contributed by atoms with E-state index < -0.39 is 0 Å². The average molecular weight is 273 g/mol. The Bertz CT molecular complexity index is 517. The number of nitrogens with zero attached hydrogens (tertiary/aromatic N) is 3. The molecule has 0 spiro atoms. The van der Waals surface area contributed by atoms with Crippen LogP contribution in [0.15, 0.2) is 24.5 Å². The molecule has 1 aromatic heterocycles. The molecule has 106 valence electrons. The van der Waals surface area contributed by atoms with E-state index >= 15 is 0 Å². The molecule has 5 nitrogen and oxygen atoms in total. The first-order chi connectivity index (χ1) is 9.68. The molecule has 2 fully saturated rings. The van der Waals surface area contributed by atoms with Gasteiger partial charge in [0.1, 0.15) is 6.04 Å². The summed E-state index contributed by atoms with van der Waals surface area (Å²) in [7, 11) is 0. The second-order valence-electron chi connectivity index (χ2n) is 5.48. The molecule has 0 radical (unpaired) electrons. The standard InChI is InChI=1S/C15H19N3O2/c1-11(12-4-7-16-8-5-12)17-10-6-14(19)18-9-2-3-13(18)15(17)20/h4-5,7-8,11,13H,2-3,6,9-10H2,1H3. The molecule has 2 aliphatic rings. The smallest absolute Gasteiger partial charge is 0.245 e. The highest BCUT2D eigenvalue weighted by atomic mass is 16.2. The number of amides is 2. The van der Waals surface area contributed by atoms with Crippen LogP contribution in [0.4, 0.5) is 0 Å². The monoisotopic (exact) mass is 273 g/mol. The number of hydrogen-bond acceptors (Lipinski definition) is 3. The molecule has 2 amide bonds. The lowest BCUT2D eigenvalue weighted by molar-refractivity contribution is -0.140. The Morgan fingerprint density at radius 2 is 2.00 bits per heavy atom. The largest absolute Gasteiger partial charge is 0.334 e. The molecule has 0 saturated carbocycles. The third kappa shape index (κ3) is 2.17. The first-order valence-corrected chi connectivity index (χ1v) is 7.18. The molecule has 0 aliphatic carbocycles. The molecule has 3 heterocycles. The van der Waals surface area contributed by atoms with Crippen LogP contribution in [0.25, 0.3) is 0 Å². The van der Waals surface area contributed by atoms with Crippen molar-refractivity contribution < 1.29 is 9.59 Å². The summed E-state index contributed by atoms with van der Waals surface area (Å²) >= 11 is 0. The number of aromatic nitrogens is 1. The van der Waals surface area contributed by atoms with Crippen LogP contribution in [0.3, 0.4) is 0 Å². The predicted molar refractivity (Wildman–Crippen MR) is 73.7 cm³/mol. The van der Waals surface area contributed by atoms with E-state index in [9.17, 15) is 9.59 Å². The Kier molecular flexibility index (Phi) is 3.42. The number of carbonyl (C=O) groups is 2. The lowest BCUT2D eigenvalue weighted by atomic mass is 10.1. The minimum Gasteiger partial charge on any atom is -0.334 e. The Balaban J connectivity index is 1.86.